The molecular formula is C35H40ClFN4O5S. The zero-order chi connectivity index (χ0) is 33.8. The van der Waals surface area contributed by atoms with Gasteiger partial charge in [0.05, 0.1) is 23.5 Å². The van der Waals surface area contributed by atoms with E-state index in [1.807, 2.05) is 59.9 Å². The van der Waals surface area contributed by atoms with E-state index in [1.165, 1.54) is 4.31 Å². The molecule has 250 valence electrons. The lowest BCUT2D eigenvalue weighted by Crippen LogP contribution is -2.36. The van der Waals surface area contributed by atoms with E-state index in [-0.39, 0.29) is 47.1 Å². The molecule has 2 atom stereocenters. The maximum atomic E-state index is 14.4. The van der Waals surface area contributed by atoms with Crippen LogP contribution in [0, 0.1) is 12.7 Å². The highest BCUT2D eigenvalue weighted by atomic mass is 35.5. The molecule has 0 saturated carbocycles. The van der Waals surface area contributed by atoms with Gasteiger partial charge in [-0.05, 0) is 98.9 Å². The van der Waals surface area contributed by atoms with Crippen LogP contribution in [-0.2, 0) is 46.0 Å². The Labute approximate surface area is 280 Å². The summed E-state index contributed by atoms with van der Waals surface area (Å²) in [5.41, 5.74) is 6.88. The normalized spacial score (nSPS) is 18.3. The van der Waals surface area contributed by atoms with Crippen LogP contribution in [0.25, 0.3) is 11.0 Å². The van der Waals surface area contributed by atoms with Crippen molar-refractivity contribution in [1.82, 2.24) is 19.3 Å². The van der Waals surface area contributed by atoms with E-state index in [0.29, 0.717) is 6.42 Å². The smallest absolute Gasteiger partial charge is 0.307 e. The highest BCUT2D eigenvalue weighted by molar-refractivity contribution is 7.89. The lowest BCUT2D eigenvalue weighted by atomic mass is 9.83. The Morgan fingerprint density at radius 1 is 1.19 bits per heavy atom. The fourth-order valence-electron chi connectivity index (χ4n) is 6.79. The lowest BCUT2D eigenvalue weighted by molar-refractivity contribution is -0.155. The summed E-state index contributed by atoms with van der Waals surface area (Å²) in [5, 5.41) is 8.31. The van der Waals surface area contributed by atoms with E-state index in [1.54, 1.807) is 4.68 Å². The molecule has 0 radical (unpaired) electrons. The Hall–Kier alpha value is -3.54. The van der Waals surface area contributed by atoms with Crippen molar-refractivity contribution >= 4 is 38.6 Å². The van der Waals surface area contributed by atoms with Gasteiger partial charge in [-0.3, -0.25) is 4.79 Å². The second kappa shape index (κ2) is 12.5. The van der Waals surface area contributed by atoms with Crippen LogP contribution < -0.4 is 4.74 Å². The molecule has 1 aromatic heterocycles. The minimum absolute atomic E-state index is 0.0347. The van der Waals surface area contributed by atoms with Gasteiger partial charge >= 0.3 is 5.97 Å². The SMILES string of the molecule is CC[C@@H]1CN(Cc2cc([C@H](CC(=O)OC(C)(C)C)c3ccc4c(nnn4C)c3C)cc3c2CCC3)S(=O)(=O)c2cc(Cl)c(F)cc2O1. The fraction of sp³-hybridized carbons (Fsp3) is 0.457. The number of benzene rings is 3. The number of hydrogen-bond acceptors (Lipinski definition) is 7. The highest BCUT2D eigenvalue weighted by Crippen LogP contribution is 2.40. The molecular weight excluding hydrogens is 643 g/mol. The van der Waals surface area contributed by atoms with Crippen molar-refractivity contribution < 1.29 is 27.1 Å². The first-order valence-electron chi connectivity index (χ1n) is 16.0. The van der Waals surface area contributed by atoms with Gasteiger partial charge in [0.2, 0.25) is 10.0 Å². The van der Waals surface area contributed by atoms with Gasteiger partial charge in [-0.1, -0.05) is 41.9 Å². The number of aryl methyl sites for hydroxylation is 3. The maximum absolute atomic E-state index is 14.4. The monoisotopic (exact) mass is 682 g/mol. The van der Waals surface area contributed by atoms with Crippen LogP contribution in [-0.4, -0.2) is 51.9 Å². The van der Waals surface area contributed by atoms with E-state index in [0.717, 1.165) is 75.8 Å². The minimum atomic E-state index is -4.10. The van der Waals surface area contributed by atoms with Gasteiger partial charge in [0, 0.05) is 25.6 Å². The zero-order valence-electron chi connectivity index (χ0n) is 27.6. The Balaban J connectivity index is 1.46. The average Bonchev–Trinajstić information content (AvgIpc) is 3.61. The number of sulfonamides is 1. The number of halogens is 2. The van der Waals surface area contributed by atoms with E-state index in [2.05, 4.69) is 16.4 Å². The summed E-state index contributed by atoms with van der Waals surface area (Å²) < 4.78 is 57.6. The van der Waals surface area contributed by atoms with Gasteiger partial charge in [0.15, 0.2) is 0 Å². The molecule has 47 heavy (non-hydrogen) atoms. The van der Waals surface area contributed by atoms with E-state index in [9.17, 15) is 17.6 Å². The Bertz CT molecular complexity index is 1990. The minimum Gasteiger partial charge on any atom is -0.488 e. The number of nitrogens with zero attached hydrogens (tertiary/aromatic N) is 4. The van der Waals surface area contributed by atoms with E-state index in [4.69, 9.17) is 21.1 Å². The van der Waals surface area contributed by atoms with Gasteiger partial charge in [-0.15, -0.1) is 5.10 Å². The number of rotatable bonds is 7. The molecule has 3 aromatic carbocycles. The van der Waals surface area contributed by atoms with Crippen molar-refractivity contribution in [3.8, 4) is 5.75 Å². The molecule has 0 fully saturated rings. The molecule has 1 aliphatic carbocycles. The molecule has 0 N–H and O–H groups in total. The van der Waals surface area contributed by atoms with Crippen LogP contribution in [0.1, 0.15) is 86.3 Å². The first-order chi connectivity index (χ1) is 22.2. The number of hydrogen-bond donors (Lipinski definition) is 0. The zero-order valence-corrected chi connectivity index (χ0v) is 29.1. The quantitative estimate of drug-likeness (QED) is 0.198. The number of esters is 1. The summed E-state index contributed by atoms with van der Waals surface area (Å²) >= 11 is 6.07. The van der Waals surface area contributed by atoms with Crippen molar-refractivity contribution in [2.75, 3.05) is 6.54 Å². The largest absolute Gasteiger partial charge is 0.488 e. The molecule has 0 spiro atoms. The van der Waals surface area contributed by atoms with Gasteiger partial charge in [-0.2, -0.15) is 4.31 Å². The highest BCUT2D eigenvalue weighted by Gasteiger charge is 2.36. The summed E-state index contributed by atoms with van der Waals surface area (Å²) in [6, 6.07) is 10.4. The summed E-state index contributed by atoms with van der Waals surface area (Å²) in [6.07, 6.45) is 2.75. The molecule has 9 nitrogen and oxygen atoms in total. The predicted octanol–water partition coefficient (Wildman–Crippen LogP) is 6.78. The number of carbonyl (C=O) groups is 1. The molecule has 1 aliphatic heterocycles. The third-order valence-corrected chi connectivity index (χ3v) is 11.2. The standard InChI is InChI=1S/C35H40ClFN4O5S/c1-7-24-19-41(47(43,44)32-16-28(36)29(37)17-31(32)45-24)18-23-14-22(13-21-9-8-10-26(21)23)27(15-33(42)46-35(3,4)5)25-11-12-30-34(20(25)2)38-39-40(30)6/h11-14,16-17,24,27H,7-10,15,18-19H2,1-6H3/t24-,27+/m1/s1. The first kappa shape index (κ1) is 33.4. The van der Waals surface area contributed by atoms with E-state index < -0.39 is 27.5 Å². The van der Waals surface area contributed by atoms with Crippen molar-refractivity contribution in [2.24, 2.45) is 7.05 Å². The molecule has 4 aromatic rings. The van der Waals surface area contributed by atoms with Gasteiger partial charge in [0.1, 0.15) is 33.7 Å². The maximum Gasteiger partial charge on any atom is 0.307 e. The average molecular weight is 683 g/mol. The van der Waals surface area contributed by atoms with Crippen LogP contribution in [0.5, 0.6) is 5.75 Å². The number of aromatic nitrogens is 3. The van der Waals surface area contributed by atoms with Crippen molar-refractivity contribution in [3.05, 3.63) is 80.6 Å². The van der Waals surface area contributed by atoms with Crippen molar-refractivity contribution in [1.29, 1.82) is 0 Å². The third-order valence-electron chi connectivity index (χ3n) is 9.09. The van der Waals surface area contributed by atoms with E-state index >= 15 is 0 Å². The van der Waals surface area contributed by atoms with Crippen LogP contribution in [0.2, 0.25) is 5.02 Å². The van der Waals surface area contributed by atoms with Crippen LogP contribution in [0.15, 0.2) is 41.3 Å². The third kappa shape index (κ3) is 6.49. The van der Waals surface area contributed by atoms with Crippen molar-refractivity contribution in [2.45, 2.75) is 95.8 Å². The van der Waals surface area contributed by atoms with Crippen LogP contribution in [0.4, 0.5) is 4.39 Å². The van der Waals surface area contributed by atoms with Gasteiger partial charge < -0.3 is 9.47 Å². The molecule has 6 rings (SSSR count). The topological polar surface area (TPSA) is 104 Å². The van der Waals surface area contributed by atoms with Gasteiger partial charge in [-0.25, -0.2) is 17.5 Å². The summed E-state index contributed by atoms with van der Waals surface area (Å²) in [5.74, 6) is -1.48. The number of carbonyl (C=O) groups excluding carboxylic acids is 1. The molecule has 0 unspecified atom stereocenters. The fourth-order valence-corrected chi connectivity index (χ4v) is 8.59. The molecule has 0 amide bonds. The Kier molecular flexibility index (Phi) is 8.86. The molecule has 2 aliphatic rings. The van der Waals surface area contributed by atoms with Crippen molar-refractivity contribution in [3.63, 3.8) is 0 Å². The number of fused-ring (bicyclic) bond motifs is 3. The summed E-state index contributed by atoms with van der Waals surface area (Å²) in [4.78, 5) is 13.2. The predicted molar refractivity (Wildman–Crippen MR) is 178 cm³/mol. The number of ether oxygens (including phenoxy) is 2. The first-order valence-corrected chi connectivity index (χ1v) is 17.8. The summed E-state index contributed by atoms with van der Waals surface area (Å²) in [6.45, 7) is 9.62. The van der Waals surface area contributed by atoms with Crippen LogP contribution in [0.3, 0.4) is 0 Å². The molecule has 0 bridgehead atoms. The molecule has 0 saturated heterocycles. The molecule has 2 heterocycles. The summed E-state index contributed by atoms with van der Waals surface area (Å²) in [7, 11) is -2.26. The molecule has 12 heteroatoms. The van der Waals surface area contributed by atoms with Crippen LogP contribution >= 0.6 is 11.6 Å². The van der Waals surface area contributed by atoms with Gasteiger partial charge in [0.25, 0.3) is 0 Å². The second-order valence-electron chi connectivity index (χ2n) is 13.5. The Morgan fingerprint density at radius 3 is 2.68 bits per heavy atom. The Morgan fingerprint density at radius 2 is 1.96 bits per heavy atom. The second-order valence-corrected chi connectivity index (χ2v) is 15.8. The lowest BCUT2D eigenvalue weighted by Gasteiger charge is -2.27.